The van der Waals surface area contributed by atoms with Crippen molar-refractivity contribution >= 4 is 17.3 Å². The zero-order valence-corrected chi connectivity index (χ0v) is 14.7. The molecule has 0 aliphatic carbocycles. The lowest BCUT2D eigenvalue weighted by molar-refractivity contribution is 0.0955. The van der Waals surface area contributed by atoms with Crippen molar-refractivity contribution in [3.63, 3.8) is 0 Å². The number of carbonyl (C=O) groups excluding carboxylic acids is 1. The molecule has 24 heavy (non-hydrogen) atoms. The van der Waals surface area contributed by atoms with E-state index in [1.807, 2.05) is 62.4 Å². The Labute approximate surface area is 144 Å². The van der Waals surface area contributed by atoms with Crippen molar-refractivity contribution in [1.29, 1.82) is 0 Å². The van der Waals surface area contributed by atoms with E-state index in [1.54, 1.807) is 6.07 Å². The van der Waals surface area contributed by atoms with Gasteiger partial charge in [-0.25, -0.2) is 5.43 Å². The van der Waals surface area contributed by atoms with Crippen LogP contribution in [0.3, 0.4) is 0 Å². The fourth-order valence-electron chi connectivity index (χ4n) is 2.43. The standard InChI is InChI=1S/C20H25N3O/c1-14(2)19(16-10-6-5-7-11-16)22-23-20(24)17-12-8-9-13-18(17)21-15(3)4/h5-15,21H,1-4H3,(H,23,24)/b22-19+. The molecule has 0 aromatic heterocycles. The van der Waals surface area contributed by atoms with Gasteiger partial charge in [-0.15, -0.1) is 0 Å². The highest BCUT2D eigenvalue weighted by Gasteiger charge is 2.13. The van der Waals surface area contributed by atoms with Crippen molar-refractivity contribution in [1.82, 2.24) is 5.43 Å². The second-order valence-electron chi connectivity index (χ2n) is 6.30. The van der Waals surface area contributed by atoms with E-state index >= 15 is 0 Å². The van der Waals surface area contributed by atoms with Crippen LogP contribution in [0.1, 0.15) is 43.6 Å². The summed E-state index contributed by atoms with van der Waals surface area (Å²) in [6.45, 7) is 8.21. The molecule has 4 nitrogen and oxygen atoms in total. The number of amides is 1. The summed E-state index contributed by atoms with van der Waals surface area (Å²) in [5, 5.41) is 7.67. The van der Waals surface area contributed by atoms with Crippen molar-refractivity contribution in [3.8, 4) is 0 Å². The topological polar surface area (TPSA) is 53.5 Å². The van der Waals surface area contributed by atoms with Gasteiger partial charge in [-0.3, -0.25) is 4.79 Å². The van der Waals surface area contributed by atoms with Crippen LogP contribution in [-0.2, 0) is 0 Å². The highest BCUT2D eigenvalue weighted by Crippen LogP contribution is 2.16. The molecule has 0 atom stereocenters. The van der Waals surface area contributed by atoms with Gasteiger partial charge in [0.25, 0.3) is 5.91 Å². The summed E-state index contributed by atoms with van der Waals surface area (Å²) in [7, 11) is 0. The van der Waals surface area contributed by atoms with Crippen molar-refractivity contribution in [2.24, 2.45) is 11.0 Å². The molecular weight excluding hydrogens is 298 g/mol. The van der Waals surface area contributed by atoms with Gasteiger partial charge in [0.2, 0.25) is 0 Å². The highest BCUT2D eigenvalue weighted by atomic mass is 16.2. The second-order valence-corrected chi connectivity index (χ2v) is 6.30. The Bertz CT molecular complexity index is 706. The van der Waals surface area contributed by atoms with Gasteiger partial charge >= 0.3 is 0 Å². The van der Waals surface area contributed by atoms with Gasteiger partial charge < -0.3 is 5.32 Å². The molecule has 2 rings (SSSR count). The molecule has 0 heterocycles. The molecule has 1 amide bonds. The minimum atomic E-state index is -0.215. The molecule has 0 radical (unpaired) electrons. The van der Waals surface area contributed by atoms with Crippen LogP contribution >= 0.6 is 0 Å². The van der Waals surface area contributed by atoms with Crippen molar-refractivity contribution < 1.29 is 4.79 Å². The van der Waals surface area contributed by atoms with E-state index in [1.165, 1.54) is 0 Å². The fraction of sp³-hybridized carbons (Fsp3) is 0.300. The Morgan fingerprint density at radius 1 is 0.917 bits per heavy atom. The molecule has 0 aliphatic heterocycles. The summed E-state index contributed by atoms with van der Waals surface area (Å²) in [5.74, 6) is -0.00966. The minimum absolute atomic E-state index is 0.205. The van der Waals surface area contributed by atoms with Crippen LogP contribution in [0.5, 0.6) is 0 Å². The van der Waals surface area contributed by atoms with Gasteiger partial charge in [-0.2, -0.15) is 5.10 Å². The Morgan fingerprint density at radius 3 is 2.17 bits per heavy atom. The second kappa shape index (κ2) is 8.29. The molecule has 2 aromatic carbocycles. The molecule has 0 aliphatic rings. The number of carbonyl (C=O) groups is 1. The Kier molecular flexibility index (Phi) is 6.13. The van der Waals surface area contributed by atoms with Gasteiger partial charge in [0, 0.05) is 11.7 Å². The summed E-state index contributed by atoms with van der Waals surface area (Å²) in [4.78, 5) is 12.5. The maximum atomic E-state index is 12.5. The number of rotatable bonds is 6. The molecule has 0 bridgehead atoms. The molecule has 0 spiro atoms. The maximum Gasteiger partial charge on any atom is 0.273 e. The number of nitrogens with one attached hydrogen (secondary N) is 2. The maximum absolute atomic E-state index is 12.5. The predicted molar refractivity (Wildman–Crippen MR) is 100 cm³/mol. The van der Waals surface area contributed by atoms with Crippen molar-refractivity contribution in [2.75, 3.05) is 5.32 Å². The molecule has 4 heteroatoms. The first-order valence-corrected chi connectivity index (χ1v) is 8.28. The largest absolute Gasteiger partial charge is 0.382 e. The zero-order valence-electron chi connectivity index (χ0n) is 14.7. The highest BCUT2D eigenvalue weighted by molar-refractivity contribution is 6.04. The number of nitrogens with zero attached hydrogens (tertiary/aromatic N) is 1. The summed E-state index contributed by atoms with van der Waals surface area (Å²) in [5.41, 5.74) is 5.98. The predicted octanol–water partition coefficient (Wildman–Crippen LogP) is 4.30. The molecule has 0 unspecified atom stereocenters. The third-order valence-corrected chi connectivity index (χ3v) is 3.51. The first kappa shape index (κ1) is 17.7. The number of benzene rings is 2. The summed E-state index contributed by atoms with van der Waals surface area (Å²) < 4.78 is 0. The number of hydrogen-bond donors (Lipinski definition) is 2. The zero-order chi connectivity index (χ0) is 17.5. The summed E-state index contributed by atoms with van der Waals surface area (Å²) in [6.07, 6.45) is 0. The Balaban J connectivity index is 2.22. The first-order chi connectivity index (χ1) is 11.5. The number of hydrogen-bond acceptors (Lipinski definition) is 3. The van der Waals surface area contributed by atoms with Crippen LogP contribution in [0.25, 0.3) is 0 Å². The number of para-hydroxylation sites is 1. The van der Waals surface area contributed by atoms with Crippen LogP contribution in [0.4, 0.5) is 5.69 Å². The average Bonchev–Trinajstić information content (AvgIpc) is 2.55. The van der Waals surface area contributed by atoms with E-state index in [-0.39, 0.29) is 17.9 Å². The summed E-state index contributed by atoms with van der Waals surface area (Å²) in [6, 6.07) is 17.6. The molecule has 2 aromatic rings. The Hall–Kier alpha value is -2.62. The van der Waals surface area contributed by atoms with E-state index in [0.29, 0.717) is 5.56 Å². The van der Waals surface area contributed by atoms with E-state index < -0.39 is 0 Å². The van der Waals surface area contributed by atoms with E-state index in [0.717, 1.165) is 17.0 Å². The van der Waals surface area contributed by atoms with Gasteiger partial charge in [-0.05, 0) is 37.5 Å². The van der Waals surface area contributed by atoms with E-state index in [4.69, 9.17) is 0 Å². The molecule has 0 saturated carbocycles. The van der Waals surface area contributed by atoms with Gasteiger partial charge in [-0.1, -0.05) is 56.3 Å². The van der Waals surface area contributed by atoms with E-state index in [2.05, 4.69) is 29.7 Å². The van der Waals surface area contributed by atoms with Crippen LogP contribution in [0, 0.1) is 5.92 Å². The van der Waals surface area contributed by atoms with E-state index in [9.17, 15) is 4.79 Å². The molecule has 0 saturated heterocycles. The minimum Gasteiger partial charge on any atom is -0.382 e. The lowest BCUT2D eigenvalue weighted by Gasteiger charge is -2.14. The quantitative estimate of drug-likeness (QED) is 0.615. The molecule has 2 N–H and O–H groups in total. The smallest absolute Gasteiger partial charge is 0.273 e. The average molecular weight is 323 g/mol. The van der Waals surface area contributed by atoms with Crippen molar-refractivity contribution in [2.45, 2.75) is 33.7 Å². The normalized spacial score (nSPS) is 11.7. The third-order valence-electron chi connectivity index (χ3n) is 3.51. The van der Waals surface area contributed by atoms with Crippen LogP contribution in [0.2, 0.25) is 0 Å². The van der Waals surface area contributed by atoms with Gasteiger partial charge in [0.05, 0.1) is 11.3 Å². The van der Waals surface area contributed by atoms with Crippen molar-refractivity contribution in [3.05, 3.63) is 65.7 Å². The molecule has 0 fully saturated rings. The SMILES string of the molecule is CC(C)Nc1ccccc1C(=O)N/N=C(/c1ccccc1)C(C)C. The summed E-state index contributed by atoms with van der Waals surface area (Å²) >= 11 is 0. The van der Waals surface area contributed by atoms with Gasteiger partial charge in [0.15, 0.2) is 0 Å². The van der Waals surface area contributed by atoms with Crippen LogP contribution in [-0.4, -0.2) is 17.7 Å². The monoisotopic (exact) mass is 323 g/mol. The lowest BCUT2D eigenvalue weighted by atomic mass is 10.0. The fourth-order valence-corrected chi connectivity index (χ4v) is 2.43. The van der Waals surface area contributed by atoms with Crippen LogP contribution < -0.4 is 10.7 Å². The lowest BCUT2D eigenvalue weighted by Crippen LogP contribution is -2.24. The van der Waals surface area contributed by atoms with Crippen LogP contribution in [0.15, 0.2) is 59.7 Å². The Morgan fingerprint density at radius 2 is 1.54 bits per heavy atom. The third kappa shape index (κ3) is 4.69. The number of hydrazone groups is 1. The first-order valence-electron chi connectivity index (χ1n) is 8.28. The molecule has 126 valence electrons. The van der Waals surface area contributed by atoms with Gasteiger partial charge in [0.1, 0.15) is 0 Å². The molecular formula is C20H25N3O. The number of anilines is 1.